The molecule has 3 heteroatoms. The van der Waals surface area contributed by atoms with Crippen LogP contribution in [0.15, 0.2) is 42.6 Å². The lowest BCUT2D eigenvalue weighted by Crippen LogP contribution is -2.10. The maximum absolute atomic E-state index is 10.5. The summed E-state index contributed by atoms with van der Waals surface area (Å²) in [4.78, 5) is 0. The minimum absolute atomic E-state index is 0.411. The third-order valence-corrected chi connectivity index (χ3v) is 4.05. The van der Waals surface area contributed by atoms with E-state index in [0.717, 1.165) is 17.8 Å². The highest BCUT2D eigenvalue weighted by Gasteiger charge is 2.22. The molecule has 1 aliphatic rings. The fraction of sp³-hybridized carbons (Fsp3) is 0.438. The first-order valence-electron chi connectivity index (χ1n) is 7.12. The van der Waals surface area contributed by atoms with E-state index in [4.69, 9.17) is 0 Å². The Balaban J connectivity index is 1.79. The molecule has 1 unspecified atom stereocenters. The van der Waals surface area contributed by atoms with Crippen LogP contribution in [-0.2, 0) is 0 Å². The van der Waals surface area contributed by atoms with Gasteiger partial charge in [-0.3, -0.25) is 0 Å². The highest BCUT2D eigenvalue weighted by atomic mass is 16.3. The zero-order valence-corrected chi connectivity index (χ0v) is 11.1. The van der Waals surface area contributed by atoms with E-state index in [-0.39, 0.29) is 0 Å². The van der Waals surface area contributed by atoms with E-state index < -0.39 is 6.10 Å². The van der Waals surface area contributed by atoms with Crippen molar-refractivity contribution in [2.45, 2.75) is 38.2 Å². The van der Waals surface area contributed by atoms with Crippen LogP contribution in [0.25, 0.3) is 5.69 Å². The van der Waals surface area contributed by atoms with Gasteiger partial charge in [-0.25, -0.2) is 4.68 Å². The topological polar surface area (TPSA) is 38.1 Å². The number of benzene rings is 1. The predicted octanol–water partition coefficient (Wildman–Crippen LogP) is 3.49. The molecule has 1 N–H and O–H groups in total. The first kappa shape index (κ1) is 12.4. The molecule has 1 heterocycles. The molecule has 0 bridgehead atoms. The van der Waals surface area contributed by atoms with Gasteiger partial charge in [-0.1, -0.05) is 43.9 Å². The second-order valence-electron chi connectivity index (χ2n) is 5.41. The smallest absolute Gasteiger partial charge is 0.0963 e. The Morgan fingerprint density at radius 2 is 1.89 bits per heavy atom. The quantitative estimate of drug-likeness (QED) is 0.909. The summed E-state index contributed by atoms with van der Waals surface area (Å²) in [6, 6.07) is 11.9. The van der Waals surface area contributed by atoms with Crippen molar-refractivity contribution < 1.29 is 5.11 Å². The minimum Gasteiger partial charge on any atom is -0.387 e. The van der Waals surface area contributed by atoms with Gasteiger partial charge in [-0.05, 0) is 30.5 Å². The Morgan fingerprint density at radius 3 is 2.63 bits per heavy atom. The van der Waals surface area contributed by atoms with Gasteiger partial charge < -0.3 is 5.11 Å². The minimum atomic E-state index is -0.411. The molecule has 0 radical (unpaired) electrons. The Labute approximate surface area is 113 Å². The van der Waals surface area contributed by atoms with Crippen molar-refractivity contribution in [1.82, 2.24) is 9.78 Å². The third kappa shape index (κ3) is 2.71. The van der Waals surface area contributed by atoms with Crippen LogP contribution in [0.1, 0.15) is 43.9 Å². The normalized spacial score (nSPS) is 17.7. The second kappa shape index (κ2) is 5.57. The summed E-state index contributed by atoms with van der Waals surface area (Å²) >= 11 is 0. The van der Waals surface area contributed by atoms with Crippen molar-refractivity contribution in [3.63, 3.8) is 0 Å². The summed E-state index contributed by atoms with van der Waals surface area (Å²) < 4.78 is 1.85. The van der Waals surface area contributed by atoms with Gasteiger partial charge in [0.1, 0.15) is 0 Å². The average Bonchev–Trinajstić information content (AvgIpc) is 3.10. The van der Waals surface area contributed by atoms with Crippen molar-refractivity contribution in [2.24, 2.45) is 5.92 Å². The number of nitrogens with zero attached hydrogens (tertiary/aromatic N) is 2. The van der Waals surface area contributed by atoms with E-state index >= 15 is 0 Å². The molecule has 1 aromatic heterocycles. The van der Waals surface area contributed by atoms with E-state index in [0.29, 0.717) is 5.92 Å². The fourth-order valence-corrected chi connectivity index (χ4v) is 3.03. The molecular weight excluding hydrogens is 236 g/mol. The first-order valence-corrected chi connectivity index (χ1v) is 7.12. The van der Waals surface area contributed by atoms with Gasteiger partial charge in [-0.15, -0.1) is 0 Å². The molecule has 1 atom stereocenters. The number of aliphatic hydroxyl groups excluding tert-OH is 1. The first-order chi connectivity index (χ1) is 9.34. The van der Waals surface area contributed by atoms with E-state index in [2.05, 4.69) is 5.10 Å². The van der Waals surface area contributed by atoms with Crippen LogP contribution in [0.3, 0.4) is 0 Å². The molecule has 0 spiro atoms. The molecule has 0 amide bonds. The molecule has 3 rings (SSSR count). The molecule has 0 aliphatic heterocycles. The van der Waals surface area contributed by atoms with E-state index in [9.17, 15) is 5.11 Å². The SMILES string of the molecule is OC(CC1CCCC1)c1ccnn1-c1ccccc1. The van der Waals surface area contributed by atoms with E-state index in [1.54, 1.807) is 6.20 Å². The maximum Gasteiger partial charge on any atom is 0.0963 e. The Bertz CT molecular complexity index is 515. The molecule has 1 aliphatic carbocycles. The van der Waals surface area contributed by atoms with Gasteiger partial charge in [0.25, 0.3) is 0 Å². The van der Waals surface area contributed by atoms with Crippen LogP contribution >= 0.6 is 0 Å². The summed E-state index contributed by atoms with van der Waals surface area (Å²) in [5.74, 6) is 0.675. The fourth-order valence-electron chi connectivity index (χ4n) is 3.03. The molecule has 3 nitrogen and oxygen atoms in total. The number of para-hydroxylation sites is 1. The zero-order valence-electron chi connectivity index (χ0n) is 11.1. The highest BCUT2D eigenvalue weighted by molar-refractivity contribution is 5.32. The highest BCUT2D eigenvalue weighted by Crippen LogP contribution is 2.33. The van der Waals surface area contributed by atoms with Crippen molar-refractivity contribution in [2.75, 3.05) is 0 Å². The second-order valence-corrected chi connectivity index (χ2v) is 5.41. The van der Waals surface area contributed by atoms with Gasteiger partial charge in [-0.2, -0.15) is 5.10 Å². The summed E-state index contributed by atoms with van der Waals surface area (Å²) in [7, 11) is 0. The zero-order chi connectivity index (χ0) is 13.1. The van der Waals surface area contributed by atoms with Gasteiger partial charge in [0.15, 0.2) is 0 Å². The lowest BCUT2D eigenvalue weighted by Gasteiger charge is -2.17. The molecule has 0 saturated heterocycles. The van der Waals surface area contributed by atoms with E-state index in [1.165, 1.54) is 25.7 Å². The summed E-state index contributed by atoms with van der Waals surface area (Å²) in [6.07, 6.45) is 7.36. The lowest BCUT2D eigenvalue weighted by molar-refractivity contribution is 0.138. The Hall–Kier alpha value is -1.61. The van der Waals surface area contributed by atoms with Gasteiger partial charge in [0, 0.05) is 6.20 Å². The number of rotatable bonds is 4. The molecule has 1 saturated carbocycles. The van der Waals surface area contributed by atoms with Crippen LogP contribution in [0.2, 0.25) is 0 Å². The van der Waals surface area contributed by atoms with Crippen molar-refractivity contribution in [3.8, 4) is 5.69 Å². The van der Waals surface area contributed by atoms with Gasteiger partial charge >= 0.3 is 0 Å². The monoisotopic (exact) mass is 256 g/mol. The van der Waals surface area contributed by atoms with Crippen molar-refractivity contribution in [3.05, 3.63) is 48.3 Å². The predicted molar refractivity (Wildman–Crippen MR) is 75.1 cm³/mol. The summed E-state index contributed by atoms with van der Waals surface area (Å²) in [5.41, 5.74) is 1.91. The van der Waals surface area contributed by atoms with Crippen LogP contribution < -0.4 is 0 Å². The largest absolute Gasteiger partial charge is 0.387 e. The van der Waals surface area contributed by atoms with Gasteiger partial charge in [0.2, 0.25) is 0 Å². The standard InChI is InChI=1S/C16H20N2O/c19-16(12-13-6-4-5-7-13)15-10-11-17-18(15)14-8-2-1-3-9-14/h1-3,8-11,13,16,19H,4-7,12H2. The van der Waals surface area contributed by atoms with Crippen LogP contribution in [0.4, 0.5) is 0 Å². The number of hydrogen-bond donors (Lipinski definition) is 1. The van der Waals surface area contributed by atoms with Crippen LogP contribution in [0.5, 0.6) is 0 Å². The third-order valence-electron chi connectivity index (χ3n) is 4.05. The van der Waals surface area contributed by atoms with Crippen LogP contribution in [-0.4, -0.2) is 14.9 Å². The Kier molecular flexibility index (Phi) is 3.65. The van der Waals surface area contributed by atoms with Gasteiger partial charge in [0.05, 0.1) is 17.5 Å². The Morgan fingerprint density at radius 1 is 1.16 bits per heavy atom. The van der Waals surface area contributed by atoms with E-state index in [1.807, 2.05) is 41.1 Å². The number of hydrogen-bond acceptors (Lipinski definition) is 2. The average molecular weight is 256 g/mol. The molecular formula is C16H20N2O. The van der Waals surface area contributed by atoms with Crippen molar-refractivity contribution >= 4 is 0 Å². The number of aromatic nitrogens is 2. The molecule has 2 aromatic rings. The number of aliphatic hydroxyl groups is 1. The maximum atomic E-state index is 10.5. The molecule has 1 fully saturated rings. The lowest BCUT2D eigenvalue weighted by atomic mass is 9.98. The summed E-state index contributed by atoms with van der Waals surface area (Å²) in [5, 5.41) is 14.8. The van der Waals surface area contributed by atoms with Crippen LogP contribution in [0, 0.1) is 5.92 Å². The molecule has 19 heavy (non-hydrogen) atoms. The van der Waals surface area contributed by atoms with Crippen molar-refractivity contribution in [1.29, 1.82) is 0 Å². The molecule has 1 aromatic carbocycles. The molecule has 100 valence electrons. The summed E-state index contributed by atoms with van der Waals surface area (Å²) in [6.45, 7) is 0.